The first-order chi connectivity index (χ1) is 14.0. The molecule has 11 heteroatoms. The molecular formula is C18H22N6O5. The maximum atomic E-state index is 12.7. The molecule has 0 radical (unpaired) electrons. The van der Waals surface area contributed by atoms with Crippen molar-refractivity contribution in [2.24, 2.45) is 0 Å². The molecule has 1 unspecified atom stereocenters. The van der Waals surface area contributed by atoms with Crippen molar-refractivity contribution >= 4 is 35.0 Å². The predicted octanol–water partition coefficient (Wildman–Crippen LogP) is 0.921. The Morgan fingerprint density at radius 1 is 1.21 bits per heavy atom. The lowest BCUT2D eigenvalue weighted by Gasteiger charge is -2.22. The Morgan fingerprint density at radius 2 is 1.90 bits per heavy atom. The zero-order valence-corrected chi connectivity index (χ0v) is 16.1. The van der Waals surface area contributed by atoms with Crippen molar-refractivity contribution in [1.82, 2.24) is 14.8 Å². The van der Waals surface area contributed by atoms with Gasteiger partial charge in [0.2, 0.25) is 23.7 Å². The number of carbonyl (C=O) groups excluding carboxylic acids is 3. The van der Waals surface area contributed by atoms with Gasteiger partial charge in [-0.2, -0.15) is 10.1 Å². The molecule has 11 nitrogen and oxygen atoms in total. The van der Waals surface area contributed by atoms with Crippen molar-refractivity contribution in [2.45, 2.75) is 26.0 Å². The van der Waals surface area contributed by atoms with E-state index in [1.165, 1.54) is 11.6 Å². The summed E-state index contributed by atoms with van der Waals surface area (Å²) in [6.45, 7) is 2.37. The topological polar surface area (TPSA) is 136 Å². The van der Waals surface area contributed by atoms with E-state index >= 15 is 0 Å². The van der Waals surface area contributed by atoms with Crippen LogP contribution in [0.5, 0.6) is 0 Å². The molecular weight excluding hydrogens is 380 g/mol. The first-order valence-electron chi connectivity index (χ1n) is 8.96. The summed E-state index contributed by atoms with van der Waals surface area (Å²) in [5.41, 5.74) is 1.14. The summed E-state index contributed by atoms with van der Waals surface area (Å²) in [6.07, 6.45) is -0.0594. The van der Waals surface area contributed by atoms with Crippen LogP contribution in [-0.2, 0) is 30.5 Å². The maximum Gasteiger partial charge on any atom is 0.249 e. The highest BCUT2D eigenvalue weighted by Crippen LogP contribution is 2.25. The number of rotatable bonds is 8. The minimum atomic E-state index is -0.839. The fourth-order valence-electron chi connectivity index (χ4n) is 2.74. The molecule has 0 bridgehead atoms. The van der Waals surface area contributed by atoms with Crippen molar-refractivity contribution in [2.75, 3.05) is 36.3 Å². The van der Waals surface area contributed by atoms with Gasteiger partial charge in [-0.15, -0.1) is 0 Å². The minimum absolute atomic E-state index is 0.0594. The van der Waals surface area contributed by atoms with Crippen LogP contribution in [0.15, 0.2) is 24.3 Å². The van der Waals surface area contributed by atoms with Crippen LogP contribution in [0.3, 0.4) is 0 Å². The van der Waals surface area contributed by atoms with Gasteiger partial charge in [0.15, 0.2) is 5.82 Å². The first-order valence-corrected chi connectivity index (χ1v) is 8.96. The smallest absolute Gasteiger partial charge is 0.249 e. The van der Waals surface area contributed by atoms with Gasteiger partial charge in [0, 0.05) is 25.4 Å². The van der Waals surface area contributed by atoms with E-state index in [-0.39, 0.29) is 30.8 Å². The fraction of sp³-hybridized carbons (Fsp3) is 0.389. The molecule has 29 heavy (non-hydrogen) atoms. The third-order valence-corrected chi connectivity index (χ3v) is 4.04. The van der Waals surface area contributed by atoms with E-state index < -0.39 is 11.9 Å². The Bertz CT molecular complexity index is 895. The molecule has 1 aliphatic rings. The maximum absolute atomic E-state index is 12.7. The Balaban J connectivity index is 1.68. The van der Waals surface area contributed by atoms with Crippen molar-refractivity contribution in [1.29, 1.82) is 0 Å². The average molecular weight is 402 g/mol. The molecule has 3 amide bonds. The Kier molecular flexibility index (Phi) is 6.52. The number of benzene rings is 1. The molecule has 0 aliphatic carbocycles. The number of anilines is 3. The number of methoxy groups -OCH3 is 1. The number of aromatic nitrogens is 3. The van der Waals surface area contributed by atoms with E-state index in [2.05, 4.69) is 26.0 Å². The standard InChI is InChI=1S/C18H22N6O5/c1-11(25)19-12-3-5-13(6-4-12)20-17(27)14-9-16(26)22-18-21-15(23-24(14)18)10-29-8-7-28-2/h3-6,14H,7-10H2,1-2H3,(H,19,25)(H,20,27)(H,21,22,23,26). The Labute approximate surface area is 166 Å². The van der Waals surface area contributed by atoms with Gasteiger partial charge in [0.05, 0.1) is 19.6 Å². The third kappa shape index (κ3) is 5.36. The molecule has 2 heterocycles. The largest absolute Gasteiger partial charge is 0.382 e. The van der Waals surface area contributed by atoms with Gasteiger partial charge in [-0.1, -0.05) is 0 Å². The number of carbonyl (C=O) groups is 3. The summed E-state index contributed by atoms with van der Waals surface area (Å²) in [6, 6.07) is 5.81. The van der Waals surface area contributed by atoms with Gasteiger partial charge in [0.25, 0.3) is 0 Å². The highest BCUT2D eigenvalue weighted by Gasteiger charge is 2.33. The van der Waals surface area contributed by atoms with Crippen LogP contribution in [0.4, 0.5) is 17.3 Å². The summed E-state index contributed by atoms with van der Waals surface area (Å²) in [5.74, 6) is -0.345. The van der Waals surface area contributed by atoms with Crippen LogP contribution < -0.4 is 16.0 Å². The number of hydrogen-bond donors (Lipinski definition) is 3. The molecule has 0 spiro atoms. The van der Waals surface area contributed by atoms with Crippen LogP contribution in [0.2, 0.25) is 0 Å². The second kappa shape index (κ2) is 9.26. The van der Waals surface area contributed by atoms with Gasteiger partial charge in [-0.3, -0.25) is 19.7 Å². The van der Waals surface area contributed by atoms with E-state index in [1.54, 1.807) is 31.4 Å². The second-order valence-electron chi connectivity index (χ2n) is 6.36. The number of hydrogen-bond acceptors (Lipinski definition) is 7. The number of fused-ring (bicyclic) bond motifs is 1. The molecule has 1 aliphatic heterocycles. The van der Waals surface area contributed by atoms with Crippen LogP contribution in [0.25, 0.3) is 0 Å². The molecule has 1 aromatic carbocycles. The molecule has 0 saturated carbocycles. The lowest BCUT2D eigenvalue weighted by Crippen LogP contribution is -2.36. The lowest BCUT2D eigenvalue weighted by atomic mass is 10.1. The number of amides is 3. The monoisotopic (exact) mass is 402 g/mol. The summed E-state index contributed by atoms with van der Waals surface area (Å²) >= 11 is 0. The third-order valence-electron chi connectivity index (χ3n) is 4.04. The van der Waals surface area contributed by atoms with E-state index in [0.29, 0.717) is 30.4 Å². The molecule has 154 valence electrons. The number of ether oxygens (including phenoxy) is 2. The molecule has 3 rings (SSSR count). The average Bonchev–Trinajstić information content (AvgIpc) is 3.08. The number of nitrogens with one attached hydrogen (secondary N) is 3. The van der Waals surface area contributed by atoms with Crippen molar-refractivity contribution in [3.63, 3.8) is 0 Å². The van der Waals surface area contributed by atoms with E-state index in [0.717, 1.165) is 0 Å². The van der Waals surface area contributed by atoms with Gasteiger partial charge >= 0.3 is 0 Å². The van der Waals surface area contributed by atoms with Crippen LogP contribution in [0.1, 0.15) is 25.2 Å². The van der Waals surface area contributed by atoms with Crippen molar-refractivity contribution in [3.8, 4) is 0 Å². The fourth-order valence-corrected chi connectivity index (χ4v) is 2.74. The highest BCUT2D eigenvalue weighted by atomic mass is 16.5. The molecule has 1 atom stereocenters. The number of nitrogens with zero attached hydrogens (tertiary/aromatic N) is 3. The second-order valence-corrected chi connectivity index (χ2v) is 6.36. The molecule has 2 aromatic rings. The predicted molar refractivity (Wildman–Crippen MR) is 103 cm³/mol. The van der Waals surface area contributed by atoms with Gasteiger partial charge < -0.3 is 20.1 Å². The van der Waals surface area contributed by atoms with Crippen molar-refractivity contribution < 1.29 is 23.9 Å². The van der Waals surface area contributed by atoms with E-state index in [1.807, 2.05) is 0 Å². The molecule has 0 saturated heterocycles. The van der Waals surface area contributed by atoms with E-state index in [4.69, 9.17) is 9.47 Å². The van der Waals surface area contributed by atoms with Crippen LogP contribution in [0, 0.1) is 0 Å². The molecule has 0 fully saturated rings. The summed E-state index contributed by atoms with van der Waals surface area (Å²) < 4.78 is 11.7. The summed E-state index contributed by atoms with van der Waals surface area (Å²) in [7, 11) is 1.57. The SMILES string of the molecule is COCCOCc1nc2n(n1)C(C(=O)Nc1ccc(NC(C)=O)cc1)CC(=O)N2. The normalized spacial score (nSPS) is 15.4. The van der Waals surface area contributed by atoms with Crippen LogP contribution >= 0.6 is 0 Å². The zero-order valence-electron chi connectivity index (χ0n) is 16.1. The van der Waals surface area contributed by atoms with Gasteiger partial charge in [0.1, 0.15) is 12.6 Å². The summed E-state index contributed by atoms with van der Waals surface area (Å²) in [4.78, 5) is 40.0. The first kappa shape index (κ1) is 20.4. The Hall–Kier alpha value is -3.31. The van der Waals surface area contributed by atoms with Crippen LogP contribution in [-0.4, -0.2) is 52.8 Å². The van der Waals surface area contributed by atoms with Gasteiger partial charge in [-0.25, -0.2) is 4.68 Å². The Morgan fingerprint density at radius 3 is 2.55 bits per heavy atom. The van der Waals surface area contributed by atoms with Gasteiger partial charge in [-0.05, 0) is 24.3 Å². The molecule has 3 N–H and O–H groups in total. The lowest BCUT2D eigenvalue weighted by molar-refractivity contribution is -0.125. The van der Waals surface area contributed by atoms with E-state index in [9.17, 15) is 14.4 Å². The highest BCUT2D eigenvalue weighted by molar-refractivity contribution is 6.00. The van der Waals surface area contributed by atoms with Crippen molar-refractivity contribution in [3.05, 3.63) is 30.1 Å². The molecule has 1 aromatic heterocycles. The quantitative estimate of drug-likeness (QED) is 0.559. The zero-order chi connectivity index (χ0) is 20.8. The summed E-state index contributed by atoms with van der Waals surface area (Å²) in [5, 5.41) is 12.3. The minimum Gasteiger partial charge on any atom is -0.382 e.